The first-order valence-electron chi connectivity index (χ1n) is 13.0. The fraction of sp³-hybridized carbons (Fsp3) is 0.0571. The van der Waals surface area contributed by atoms with E-state index in [0.29, 0.717) is 0 Å². The van der Waals surface area contributed by atoms with E-state index >= 15 is 0 Å². The van der Waals surface area contributed by atoms with Gasteiger partial charge in [0.2, 0.25) is 5.69 Å². The van der Waals surface area contributed by atoms with Gasteiger partial charge in [0.1, 0.15) is 18.2 Å². The van der Waals surface area contributed by atoms with Crippen LogP contribution in [0.3, 0.4) is 0 Å². The molecule has 8 rings (SSSR count). The lowest BCUT2D eigenvalue weighted by Gasteiger charge is -2.12. The summed E-state index contributed by atoms with van der Waals surface area (Å²) in [5, 5.41) is 7.31. The quantitative estimate of drug-likeness (QED) is 0.223. The van der Waals surface area contributed by atoms with E-state index in [0.717, 1.165) is 22.1 Å². The Morgan fingerprint density at radius 2 is 1.29 bits per heavy atom. The van der Waals surface area contributed by atoms with E-state index in [1.54, 1.807) is 0 Å². The third-order valence-corrected chi connectivity index (χ3v) is 8.01. The molecule has 0 amide bonds. The minimum atomic E-state index is 0.931. The van der Waals surface area contributed by atoms with Gasteiger partial charge in [-0.15, -0.1) is 0 Å². The first kappa shape index (κ1) is 21.2. The number of furan rings is 1. The van der Waals surface area contributed by atoms with Crippen molar-refractivity contribution in [3.8, 4) is 16.9 Å². The summed E-state index contributed by atoms with van der Waals surface area (Å²) in [4.78, 5) is 0. The van der Waals surface area contributed by atoms with Crippen LogP contribution in [0.1, 0.15) is 5.56 Å². The molecule has 0 aliphatic carbocycles. The molecule has 0 atom stereocenters. The molecule has 0 bridgehead atoms. The number of aryl methyl sites for hydroxylation is 2. The van der Waals surface area contributed by atoms with Crippen molar-refractivity contribution >= 4 is 54.5 Å². The molecule has 0 fully saturated rings. The molecule has 0 aliphatic rings. The van der Waals surface area contributed by atoms with Crippen LogP contribution in [-0.4, -0.2) is 4.57 Å². The minimum Gasteiger partial charge on any atom is -0.456 e. The number of rotatable bonds is 2. The van der Waals surface area contributed by atoms with E-state index < -0.39 is 0 Å². The molecule has 0 spiro atoms. The van der Waals surface area contributed by atoms with Gasteiger partial charge in [0.15, 0.2) is 6.20 Å². The Labute approximate surface area is 219 Å². The third-order valence-electron chi connectivity index (χ3n) is 8.01. The zero-order valence-corrected chi connectivity index (χ0v) is 21.3. The molecule has 0 unspecified atom stereocenters. The lowest BCUT2D eigenvalue weighted by atomic mass is 9.97. The van der Waals surface area contributed by atoms with E-state index in [9.17, 15) is 0 Å². The van der Waals surface area contributed by atoms with Crippen molar-refractivity contribution in [2.24, 2.45) is 7.05 Å². The van der Waals surface area contributed by atoms with Crippen LogP contribution in [0.25, 0.3) is 71.5 Å². The maximum absolute atomic E-state index is 6.33. The molecule has 0 saturated carbocycles. The van der Waals surface area contributed by atoms with Gasteiger partial charge >= 0.3 is 0 Å². The van der Waals surface area contributed by atoms with Crippen molar-refractivity contribution in [1.29, 1.82) is 0 Å². The Morgan fingerprint density at radius 3 is 2.05 bits per heavy atom. The number of hydrogen-bond acceptors (Lipinski definition) is 1. The molecule has 3 nitrogen and oxygen atoms in total. The molecule has 0 saturated heterocycles. The summed E-state index contributed by atoms with van der Waals surface area (Å²) in [5.41, 5.74) is 9.04. The standard InChI is InChI=1S/C35H25N2O/c1-22-25(17-18-30-29-11-5-8-14-33(29)38-35(22)30)34-26-16-15-24(21-23(26)19-20-36(34)2)37-31-12-6-3-9-27(31)28-10-4-7-13-32(28)37/h3-21H,1-2H3/q+1. The number of fused-ring (bicyclic) bond motifs is 7. The Kier molecular flexibility index (Phi) is 4.36. The highest BCUT2D eigenvalue weighted by Crippen LogP contribution is 2.38. The van der Waals surface area contributed by atoms with Gasteiger partial charge in [0.05, 0.1) is 22.0 Å². The number of pyridine rings is 1. The lowest BCUT2D eigenvalue weighted by molar-refractivity contribution is -0.659. The van der Waals surface area contributed by atoms with Gasteiger partial charge in [0, 0.05) is 38.9 Å². The minimum absolute atomic E-state index is 0.931. The van der Waals surface area contributed by atoms with Gasteiger partial charge < -0.3 is 8.98 Å². The molecular formula is C35H25N2O+. The first-order chi connectivity index (χ1) is 18.7. The number of nitrogens with zero attached hydrogens (tertiary/aromatic N) is 2. The summed E-state index contributed by atoms with van der Waals surface area (Å²) in [5.74, 6) is 0. The molecule has 0 aliphatic heterocycles. The Hall–Kier alpha value is -4.89. The van der Waals surface area contributed by atoms with Gasteiger partial charge in [0.25, 0.3) is 0 Å². The maximum Gasteiger partial charge on any atom is 0.220 e. The number of benzene rings is 5. The predicted octanol–water partition coefficient (Wildman–Crippen LogP) is 8.64. The fourth-order valence-corrected chi connectivity index (χ4v) is 6.22. The SMILES string of the molecule is Cc1c(-c2c3ccc(-n4c5ccccc5c5ccccc54)cc3cc[n+]2C)ccc2c1oc1ccccc12. The van der Waals surface area contributed by atoms with Crippen LogP contribution in [0.5, 0.6) is 0 Å². The topological polar surface area (TPSA) is 21.9 Å². The molecule has 3 aromatic heterocycles. The Bertz CT molecular complexity index is 2160. The second kappa shape index (κ2) is 7.80. The van der Waals surface area contributed by atoms with E-state index in [2.05, 4.69) is 126 Å². The van der Waals surface area contributed by atoms with E-state index in [1.165, 1.54) is 54.9 Å². The molecule has 3 heteroatoms. The fourth-order valence-electron chi connectivity index (χ4n) is 6.22. The second-order valence-corrected chi connectivity index (χ2v) is 10.1. The van der Waals surface area contributed by atoms with E-state index in [1.807, 2.05) is 12.1 Å². The van der Waals surface area contributed by atoms with Crippen molar-refractivity contribution in [2.75, 3.05) is 0 Å². The molecule has 180 valence electrons. The molecule has 0 radical (unpaired) electrons. The van der Waals surface area contributed by atoms with Crippen molar-refractivity contribution in [3.63, 3.8) is 0 Å². The monoisotopic (exact) mass is 489 g/mol. The van der Waals surface area contributed by atoms with Crippen LogP contribution in [0, 0.1) is 6.92 Å². The molecule has 8 aromatic rings. The van der Waals surface area contributed by atoms with Crippen LogP contribution in [0.2, 0.25) is 0 Å². The van der Waals surface area contributed by atoms with Gasteiger partial charge in [-0.1, -0.05) is 54.6 Å². The summed E-state index contributed by atoms with van der Waals surface area (Å²) in [7, 11) is 2.12. The van der Waals surface area contributed by atoms with Crippen LogP contribution >= 0.6 is 0 Å². The summed E-state index contributed by atoms with van der Waals surface area (Å²) in [6.45, 7) is 2.17. The van der Waals surface area contributed by atoms with Crippen LogP contribution in [0.15, 0.2) is 120 Å². The van der Waals surface area contributed by atoms with Gasteiger partial charge in [-0.2, -0.15) is 0 Å². The summed E-state index contributed by atoms with van der Waals surface area (Å²) in [6, 6.07) is 39.1. The van der Waals surface area contributed by atoms with Crippen LogP contribution in [0.4, 0.5) is 0 Å². The maximum atomic E-state index is 6.33. The van der Waals surface area contributed by atoms with Crippen molar-refractivity contribution in [1.82, 2.24) is 4.57 Å². The van der Waals surface area contributed by atoms with Crippen molar-refractivity contribution < 1.29 is 8.98 Å². The zero-order valence-electron chi connectivity index (χ0n) is 21.3. The number of para-hydroxylation sites is 3. The zero-order chi connectivity index (χ0) is 25.4. The number of aromatic nitrogens is 2. The molecule has 38 heavy (non-hydrogen) atoms. The largest absolute Gasteiger partial charge is 0.456 e. The first-order valence-corrected chi connectivity index (χ1v) is 13.0. The highest BCUT2D eigenvalue weighted by molar-refractivity contribution is 6.10. The molecule has 5 aromatic carbocycles. The van der Waals surface area contributed by atoms with E-state index in [4.69, 9.17) is 4.42 Å². The normalized spacial score (nSPS) is 11.9. The average Bonchev–Trinajstić information content (AvgIpc) is 3.50. The summed E-state index contributed by atoms with van der Waals surface area (Å²) in [6.07, 6.45) is 2.16. The third kappa shape index (κ3) is 2.87. The van der Waals surface area contributed by atoms with Crippen LogP contribution in [-0.2, 0) is 7.05 Å². The molecular weight excluding hydrogens is 464 g/mol. The van der Waals surface area contributed by atoms with E-state index in [-0.39, 0.29) is 0 Å². The lowest BCUT2D eigenvalue weighted by Crippen LogP contribution is -2.30. The Balaban J connectivity index is 1.37. The summed E-state index contributed by atoms with van der Waals surface area (Å²) < 4.78 is 10.9. The highest BCUT2D eigenvalue weighted by atomic mass is 16.3. The smallest absolute Gasteiger partial charge is 0.220 e. The molecule has 0 N–H and O–H groups in total. The Morgan fingerprint density at radius 1 is 0.632 bits per heavy atom. The van der Waals surface area contributed by atoms with Crippen molar-refractivity contribution in [3.05, 3.63) is 121 Å². The predicted molar refractivity (Wildman–Crippen MR) is 157 cm³/mol. The van der Waals surface area contributed by atoms with Gasteiger partial charge in [-0.05, 0) is 60.8 Å². The average molecular weight is 490 g/mol. The summed E-state index contributed by atoms with van der Waals surface area (Å²) >= 11 is 0. The molecule has 3 heterocycles. The van der Waals surface area contributed by atoms with Gasteiger partial charge in [-0.3, -0.25) is 0 Å². The second-order valence-electron chi connectivity index (χ2n) is 10.1. The highest BCUT2D eigenvalue weighted by Gasteiger charge is 2.21. The van der Waals surface area contributed by atoms with Crippen molar-refractivity contribution in [2.45, 2.75) is 6.92 Å². The van der Waals surface area contributed by atoms with Crippen LogP contribution < -0.4 is 4.57 Å². The van der Waals surface area contributed by atoms with Gasteiger partial charge in [-0.25, -0.2) is 4.57 Å². The number of hydrogen-bond donors (Lipinski definition) is 0.